The molecule has 0 heterocycles. The molecule has 0 spiro atoms. The van der Waals surface area contributed by atoms with Crippen molar-refractivity contribution >= 4 is 6.16 Å². The van der Waals surface area contributed by atoms with Crippen molar-refractivity contribution < 1.29 is 19.0 Å². The van der Waals surface area contributed by atoms with Crippen molar-refractivity contribution in [3.8, 4) is 0 Å². The molecule has 0 N–H and O–H groups in total. The van der Waals surface area contributed by atoms with Crippen LogP contribution in [-0.2, 0) is 14.2 Å². The predicted molar refractivity (Wildman–Crippen MR) is 69.3 cm³/mol. The van der Waals surface area contributed by atoms with Crippen molar-refractivity contribution in [3.63, 3.8) is 0 Å². The quantitative estimate of drug-likeness (QED) is 0.569. The van der Waals surface area contributed by atoms with E-state index < -0.39 is 12.4 Å². The Bertz CT molecular complexity index is 261. The Morgan fingerprint density at radius 3 is 2.22 bits per heavy atom. The SMILES string of the molecule is CC1CCC(OC(=O)OC(C)OC(C)(C)C)CC1. The number of ether oxygens (including phenoxy) is 3. The summed E-state index contributed by atoms with van der Waals surface area (Å²) in [5, 5.41) is 0. The minimum absolute atomic E-state index is 0.00976. The molecule has 4 nitrogen and oxygen atoms in total. The third kappa shape index (κ3) is 6.24. The van der Waals surface area contributed by atoms with Crippen LogP contribution in [0, 0.1) is 5.92 Å². The van der Waals surface area contributed by atoms with Crippen molar-refractivity contribution in [1.82, 2.24) is 0 Å². The summed E-state index contributed by atoms with van der Waals surface area (Å²) >= 11 is 0. The number of carbonyl (C=O) groups is 1. The lowest BCUT2D eigenvalue weighted by Crippen LogP contribution is -2.31. The molecule has 0 bridgehead atoms. The fourth-order valence-electron chi connectivity index (χ4n) is 2.17. The van der Waals surface area contributed by atoms with E-state index in [0.717, 1.165) is 31.6 Å². The fraction of sp³-hybridized carbons (Fsp3) is 0.929. The van der Waals surface area contributed by atoms with Gasteiger partial charge in [-0.3, -0.25) is 0 Å². The molecule has 0 saturated heterocycles. The van der Waals surface area contributed by atoms with E-state index in [1.807, 2.05) is 20.8 Å². The second kappa shape index (κ2) is 6.41. The molecular formula is C14H26O4. The smallest absolute Gasteiger partial charge is 0.431 e. The van der Waals surface area contributed by atoms with Crippen LogP contribution < -0.4 is 0 Å². The molecule has 1 unspecified atom stereocenters. The van der Waals surface area contributed by atoms with E-state index >= 15 is 0 Å². The largest absolute Gasteiger partial charge is 0.510 e. The van der Waals surface area contributed by atoms with Crippen LogP contribution in [0.4, 0.5) is 4.79 Å². The maximum atomic E-state index is 11.6. The van der Waals surface area contributed by atoms with Crippen LogP contribution in [0.15, 0.2) is 0 Å². The highest BCUT2D eigenvalue weighted by atomic mass is 16.8. The highest BCUT2D eigenvalue weighted by molar-refractivity contribution is 5.60. The first-order valence-corrected chi connectivity index (χ1v) is 6.81. The Labute approximate surface area is 110 Å². The molecule has 1 aliphatic carbocycles. The molecule has 18 heavy (non-hydrogen) atoms. The van der Waals surface area contributed by atoms with Gasteiger partial charge >= 0.3 is 6.16 Å². The summed E-state index contributed by atoms with van der Waals surface area (Å²) in [6, 6.07) is 0. The van der Waals surface area contributed by atoms with E-state index in [0.29, 0.717) is 0 Å². The Morgan fingerprint density at radius 1 is 1.17 bits per heavy atom. The molecule has 0 radical (unpaired) electrons. The minimum atomic E-state index is -0.619. The van der Waals surface area contributed by atoms with Gasteiger partial charge in [-0.05, 0) is 59.3 Å². The molecule has 1 rings (SSSR count). The van der Waals surface area contributed by atoms with Crippen LogP contribution >= 0.6 is 0 Å². The monoisotopic (exact) mass is 258 g/mol. The first-order chi connectivity index (χ1) is 8.26. The van der Waals surface area contributed by atoms with Gasteiger partial charge in [0.05, 0.1) is 5.60 Å². The Morgan fingerprint density at radius 2 is 1.72 bits per heavy atom. The summed E-state index contributed by atoms with van der Waals surface area (Å²) in [4.78, 5) is 11.6. The topological polar surface area (TPSA) is 44.8 Å². The average molecular weight is 258 g/mol. The van der Waals surface area contributed by atoms with Crippen molar-refractivity contribution in [1.29, 1.82) is 0 Å². The molecule has 1 atom stereocenters. The first-order valence-electron chi connectivity index (χ1n) is 6.81. The van der Waals surface area contributed by atoms with E-state index in [2.05, 4.69) is 6.92 Å². The van der Waals surface area contributed by atoms with Crippen LogP contribution in [-0.4, -0.2) is 24.2 Å². The Hall–Kier alpha value is -0.770. The molecule has 0 aromatic carbocycles. The van der Waals surface area contributed by atoms with Crippen LogP contribution in [0.25, 0.3) is 0 Å². The molecule has 0 amide bonds. The highest BCUT2D eigenvalue weighted by Crippen LogP contribution is 2.26. The zero-order chi connectivity index (χ0) is 13.8. The van der Waals surface area contributed by atoms with Gasteiger partial charge in [-0.1, -0.05) is 6.92 Å². The average Bonchev–Trinajstić information content (AvgIpc) is 2.18. The number of carbonyl (C=O) groups excluding carboxylic acids is 1. The molecule has 0 aromatic rings. The Balaban J connectivity index is 2.25. The van der Waals surface area contributed by atoms with E-state index in [1.54, 1.807) is 6.92 Å². The van der Waals surface area contributed by atoms with Crippen molar-refractivity contribution in [2.24, 2.45) is 5.92 Å². The Kier molecular flexibility index (Phi) is 5.45. The van der Waals surface area contributed by atoms with E-state index in [9.17, 15) is 4.79 Å². The van der Waals surface area contributed by atoms with Gasteiger partial charge in [-0.15, -0.1) is 0 Å². The molecule has 0 aliphatic heterocycles. The molecular weight excluding hydrogens is 232 g/mol. The summed E-state index contributed by atoms with van der Waals surface area (Å²) in [5.74, 6) is 0.740. The van der Waals surface area contributed by atoms with Crippen LogP contribution in [0.1, 0.15) is 60.3 Å². The van der Waals surface area contributed by atoms with Gasteiger partial charge in [0.1, 0.15) is 6.10 Å². The van der Waals surface area contributed by atoms with Crippen molar-refractivity contribution in [2.45, 2.75) is 78.3 Å². The number of hydrogen-bond acceptors (Lipinski definition) is 4. The zero-order valence-corrected chi connectivity index (χ0v) is 12.2. The summed E-state index contributed by atoms with van der Waals surface area (Å²) in [6.07, 6.45) is 2.91. The third-order valence-corrected chi connectivity index (χ3v) is 3.01. The van der Waals surface area contributed by atoms with Crippen molar-refractivity contribution in [3.05, 3.63) is 0 Å². The summed E-state index contributed by atoms with van der Waals surface area (Å²) in [5.41, 5.74) is -0.333. The molecule has 0 aromatic heterocycles. The number of rotatable bonds is 3. The lowest BCUT2D eigenvalue weighted by Gasteiger charge is -2.27. The van der Waals surface area contributed by atoms with E-state index in [1.165, 1.54) is 0 Å². The number of hydrogen-bond donors (Lipinski definition) is 0. The standard InChI is InChI=1S/C14H26O4/c1-10-6-8-12(9-7-10)17-13(15)16-11(2)18-14(3,4)5/h10-12H,6-9H2,1-5H3. The summed E-state index contributed by atoms with van der Waals surface area (Å²) < 4.78 is 15.8. The van der Waals surface area contributed by atoms with Crippen LogP contribution in [0.5, 0.6) is 0 Å². The van der Waals surface area contributed by atoms with Gasteiger partial charge in [-0.2, -0.15) is 0 Å². The second-order valence-corrected chi connectivity index (χ2v) is 6.17. The molecule has 1 aliphatic rings. The van der Waals surface area contributed by atoms with Gasteiger partial charge in [0.15, 0.2) is 0 Å². The van der Waals surface area contributed by atoms with Gasteiger partial charge in [0, 0.05) is 0 Å². The van der Waals surface area contributed by atoms with E-state index in [-0.39, 0.29) is 11.7 Å². The predicted octanol–water partition coefficient (Wildman–Crippen LogP) is 3.88. The van der Waals surface area contributed by atoms with Crippen LogP contribution in [0.2, 0.25) is 0 Å². The van der Waals surface area contributed by atoms with Gasteiger partial charge in [0.25, 0.3) is 0 Å². The first kappa shape index (κ1) is 15.3. The van der Waals surface area contributed by atoms with Gasteiger partial charge < -0.3 is 14.2 Å². The molecule has 1 saturated carbocycles. The summed E-state index contributed by atoms with van der Waals surface area (Å²) in [7, 11) is 0. The molecule has 4 heteroatoms. The summed E-state index contributed by atoms with van der Waals surface area (Å²) in [6.45, 7) is 9.69. The van der Waals surface area contributed by atoms with E-state index in [4.69, 9.17) is 14.2 Å². The van der Waals surface area contributed by atoms with Crippen molar-refractivity contribution in [2.75, 3.05) is 0 Å². The lowest BCUT2D eigenvalue weighted by atomic mass is 9.89. The minimum Gasteiger partial charge on any atom is -0.431 e. The van der Waals surface area contributed by atoms with Crippen LogP contribution in [0.3, 0.4) is 0 Å². The fourth-order valence-corrected chi connectivity index (χ4v) is 2.17. The maximum absolute atomic E-state index is 11.6. The lowest BCUT2D eigenvalue weighted by molar-refractivity contribution is -0.170. The van der Waals surface area contributed by atoms with Gasteiger partial charge in [0.2, 0.25) is 6.29 Å². The molecule has 106 valence electrons. The normalized spacial score (nSPS) is 26.5. The third-order valence-electron chi connectivity index (χ3n) is 3.01. The molecule has 1 fully saturated rings. The highest BCUT2D eigenvalue weighted by Gasteiger charge is 2.24. The maximum Gasteiger partial charge on any atom is 0.510 e. The zero-order valence-electron chi connectivity index (χ0n) is 12.2. The second-order valence-electron chi connectivity index (χ2n) is 6.17. The van der Waals surface area contributed by atoms with Gasteiger partial charge in [-0.25, -0.2) is 4.79 Å².